The molecule has 0 fully saturated rings. The van der Waals surface area contributed by atoms with Crippen molar-refractivity contribution in [1.82, 2.24) is 0 Å². The van der Waals surface area contributed by atoms with Gasteiger partial charge >= 0.3 is 5.97 Å². The first kappa shape index (κ1) is 18.2. The highest BCUT2D eigenvalue weighted by atomic mass is 35.5. The predicted octanol–water partition coefficient (Wildman–Crippen LogP) is 4.71. The Morgan fingerprint density at radius 2 is 2.04 bits per heavy atom. The van der Waals surface area contributed by atoms with E-state index in [9.17, 15) is 14.0 Å². The summed E-state index contributed by atoms with van der Waals surface area (Å²) in [5, 5.41) is 3.16. The smallest absolute Gasteiger partial charge is 0.350 e. The number of halogens is 2. The van der Waals surface area contributed by atoms with Crippen molar-refractivity contribution in [1.29, 1.82) is 0 Å². The van der Waals surface area contributed by atoms with Crippen LogP contribution in [0, 0.1) is 5.82 Å². The summed E-state index contributed by atoms with van der Waals surface area (Å²) < 4.78 is 19.2. The zero-order valence-electron chi connectivity index (χ0n) is 13.6. The van der Waals surface area contributed by atoms with Gasteiger partial charge in [-0.3, -0.25) is 4.79 Å². The van der Waals surface area contributed by atoms with Crippen LogP contribution in [-0.4, -0.2) is 18.5 Å². The van der Waals surface area contributed by atoms with E-state index in [0.717, 1.165) is 10.8 Å². The number of nitrogens with one attached hydrogen (secondary N) is 1. The molecule has 1 aromatic heterocycles. The summed E-state index contributed by atoms with van der Waals surface area (Å²) in [5.74, 6) is -1.69. The zero-order chi connectivity index (χ0) is 18.8. The molecule has 0 radical (unpaired) electrons. The molecule has 0 aliphatic heterocycles. The number of benzene rings is 2. The number of ether oxygens (including phenoxy) is 1. The number of fused-ring (bicyclic) bond motifs is 1. The van der Waals surface area contributed by atoms with E-state index in [0.29, 0.717) is 16.8 Å². The summed E-state index contributed by atoms with van der Waals surface area (Å²) in [4.78, 5) is 25.1. The Balaban J connectivity index is 2.05. The fourth-order valence-corrected chi connectivity index (χ4v) is 3.62. The molecule has 1 heterocycles. The van der Waals surface area contributed by atoms with Gasteiger partial charge in [0, 0.05) is 21.3 Å². The number of amides is 1. The second kappa shape index (κ2) is 7.31. The van der Waals surface area contributed by atoms with Gasteiger partial charge in [-0.15, -0.1) is 11.3 Å². The van der Waals surface area contributed by atoms with E-state index in [1.165, 1.54) is 23.5 Å². The summed E-state index contributed by atoms with van der Waals surface area (Å²) in [5.41, 5.74) is 6.79. The van der Waals surface area contributed by atoms with Gasteiger partial charge in [0.05, 0.1) is 17.3 Å². The normalized spacial score (nSPS) is 10.7. The van der Waals surface area contributed by atoms with Gasteiger partial charge in [0.15, 0.2) is 0 Å². The standard InChI is InChI=1S/C18H14ClFN2O3S/c1-2-25-18(24)16-15(11-8-10(21)4-6-14(11)26-16)22-17(23)9-3-5-13(20)12(19)7-9/h3-8H,2,21H2,1H3,(H,22,23). The molecular formula is C18H14ClFN2O3S. The Morgan fingerprint density at radius 1 is 1.27 bits per heavy atom. The molecule has 0 aliphatic rings. The van der Waals surface area contributed by atoms with Crippen LogP contribution in [0.1, 0.15) is 27.0 Å². The number of hydrogen-bond donors (Lipinski definition) is 2. The van der Waals surface area contributed by atoms with E-state index in [4.69, 9.17) is 22.1 Å². The molecule has 3 rings (SSSR count). The topological polar surface area (TPSA) is 81.4 Å². The maximum Gasteiger partial charge on any atom is 0.350 e. The summed E-state index contributed by atoms with van der Waals surface area (Å²) in [7, 11) is 0. The number of nitrogens with two attached hydrogens (primary N) is 1. The average Bonchev–Trinajstić information content (AvgIpc) is 2.95. The Bertz CT molecular complexity index is 1020. The van der Waals surface area contributed by atoms with Crippen LogP contribution in [0.25, 0.3) is 10.1 Å². The summed E-state index contributed by atoms with van der Waals surface area (Å²) in [6, 6.07) is 8.78. The first-order valence-corrected chi connectivity index (χ1v) is 8.85. The quantitative estimate of drug-likeness (QED) is 0.498. The lowest BCUT2D eigenvalue weighted by molar-refractivity contribution is 0.0533. The Morgan fingerprint density at radius 3 is 2.73 bits per heavy atom. The van der Waals surface area contributed by atoms with E-state index in [2.05, 4.69) is 5.32 Å². The third kappa shape index (κ3) is 3.49. The van der Waals surface area contributed by atoms with Crippen molar-refractivity contribution in [3.8, 4) is 0 Å². The first-order chi connectivity index (χ1) is 12.4. The Kier molecular flexibility index (Phi) is 5.11. The number of thiophene rings is 1. The highest BCUT2D eigenvalue weighted by Gasteiger charge is 2.22. The van der Waals surface area contributed by atoms with Gasteiger partial charge in [-0.2, -0.15) is 0 Å². The average molecular weight is 393 g/mol. The molecule has 0 unspecified atom stereocenters. The van der Waals surface area contributed by atoms with Crippen LogP contribution in [0.2, 0.25) is 5.02 Å². The second-order valence-electron chi connectivity index (χ2n) is 5.37. The number of carbonyl (C=O) groups is 2. The number of hydrogen-bond acceptors (Lipinski definition) is 5. The second-order valence-corrected chi connectivity index (χ2v) is 6.82. The minimum Gasteiger partial charge on any atom is -0.462 e. The van der Waals surface area contributed by atoms with E-state index < -0.39 is 17.7 Å². The molecule has 5 nitrogen and oxygen atoms in total. The monoisotopic (exact) mass is 392 g/mol. The van der Waals surface area contributed by atoms with Crippen molar-refractivity contribution in [2.45, 2.75) is 6.92 Å². The lowest BCUT2D eigenvalue weighted by atomic mass is 10.1. The van der Waals surface area contributed by atoms with Gasteiger partial charge in [-0.1, -0.05) is 11.6 Å². The van der Waals surface area contributed by atoms with Crippen molar-refractivity contribution in [3.63, 3.8) is 0 Å². The number of nitrogen functional groups attached to an aromatic ring is 1. The molecule has 0 bridgehead atoms. The lowest BCUT2D eigenvalue weighted by Crippen LogP contribution is -2.14. The highest BCUT2D eigenvalue weighted by Crippen LogP contribution is 2.37. The number of carbonyl (C=O) groups excluding carboxylic acids is 2. The van der Waals surface area contributed by atoms with Gasteiger partial charge in [-0.05, 0) is 43.3 Å². The highest BCUT2D eigenvalue weighted by molar-refractivity contribution is 7.21. The summed E-state index contributed by atoms with van der Waals surface area (Å²) in [6.45, 7) is 1.90. The molecule has 134 valence electrons. The van der Waals surface area contributed by atoms with Crippen LogP contribution in [-0.2, 0) is 4.74 Å². The van der Waals surface area contributed by atoms with Gasteiger partial charge in [0.1, 0.15) is 10.7 Å². The van der Waals surface area contributed by atoms with Gasteiger partial charge in [0.25, 0.3) is 5.91 Å². The SMILES string of the molecule is CCOC(=O)c1sc2ccc(N)cc2c1NC(=O)c1ccc(F)c(Cl)c1. The van der Waals surface area contributed by atoms with Gasteiger partial charge in [-0.25, -0.2) is 9.18 Å². The van der Waals surface area contributed by atoms with E-state index in [1.54, 1.807) is 25.1 Å². The van der Waals surface area contributed by atoms with Crippen LogP contribution in [0.3, 0.4) is 0 Å². The molecule has 2 aromatic carbocycles. The molecule has 0 atom stereocenters. The minimum atomic E-state index is -0.621. The summed E-state index contributed by atoms with van der Waals surface area (Å²) >= 11 is 6.93. The molecule has 0 saturated carbocycles. The molecule has 0 saturated heterocycles. The van der Waals surface area contributed by atoms with Crippen molar-refractivity contribution in [2.24, 2.45) is 0 Å². The number of rotatable bonds is 4. The molecule has 0 aliphatic carbocycles. The van der Waals surface area contributed by atoms with Crippen molar-refractivity contribution in [3.05, 3.63) is 57.7 Å². The van der Waals surface area contributed by atoms with Crippen molar-refractivity contribution >= 4 is 56.3 Å². The van der Waals surface area contributed by atoms with E-state index in [-0.39, 0.29) is 22.1 Å². The largest absolute Gasteiger partial charge is 0.462 e. The molecular weight excluding hydrogens is 379 g/mol. The third-order valence-electron chi connectivity index (χ3n) is 3.59. The van der Waals surface area contributed by atoms with Gasteiger partial charge < -0.3 is 15.8 Å². The third-order valence-corrected chi connectivity index (χ3v) is 5.03. The molecule has 3 N–H and O–H groups in total. The van der Waals surface area contributed by atoms with Crippen LogP contribution >= 0.6 is 22.9 Å². The van der Waals surface area contributed by atoms with Crippen molar-refractivity contribution < 1.29 is 18.7 Å². The Labute approximate surface area is 157 Å². The minimum absolute atomic E-state index is 0.162. The first-order valence-electron chi connectivity index (χ1n) is 7.66. The predicted molar refractivity (Wildman–Crippen MR) is 102 cm³/mol. The molecule has 3 aromatic rings. The molecule has 1 amide bonds. The maximum atomic E-state index is 13.3. The van der Waals surface area contributed by atoms with E-state index >= 15 is 0 Å². The van der Waals surface area contributed by atoms with Crippen LogP contribution < -0.4 is 11.1 Å². The van der Waals surface area contributed by atoms with Gasteiger partial charge in [0.2, 0.25) is 0 Å². The molecule has 8 heteroatoms. The molecule has 26 heavy (non-hydrogen) atoms. The van der Waals surface area contributed by atoms with Crippen LogP contribution in [0.4, 0.5) is 15.8 Å². The van der Waals surface area contributed by atoms with Crippen molar-refractivity contribution in [2.75, 3.05) is 17.7 Å². The zero-order valence-corrected chi connectivity index (χ0v) is 15.2. The lowest BCUT2D eigenvalue weighted by Gasteiger charge is -2.08. The Hall–Kier alpha value is -2.64. The molecule has 0 spiro atoms. The summed E-state index contributed by atoms with van der Waals surface area (Å²) in [6.07, 6.45) is 0. The number of esters is 1. The number of anilines is 2. The van der Waals surface area contributed by atoms with Crippen LogP contribution in [0.15, 0.2) is 36.4 Å². The fourth-order valence-electron chi connectivity index (χ4n) is 2.40. The van der Waals surface area contributed by atoms with E-state index in [1.807, 2.05) is 0 Å². The fraction of sp³-hybridized carbons (Fsp3) is 0.111. The maximum absolute atomic E-state index is 13.3. The van der Waals surface area contributed by atoms with Crippen LogP contribution in [0.5, 0.6) is 0 Å².